The minimum atomic E-state index is -0.843. The summed E-state index contributed by atoms with van der Waals surface area (Å²) in [5.41, 5.74) is 25.6. The highest BCUT2D eigenvalue weighted by atomic mass is 35.5. The number of aliphatic imine (C=N–C) groups is 1. The molecule has 0 spiro atoms. The normalized spacial score (nSPS) is 10.9. The number of anilines is 1. The summed E-state index contributed by atoms with van der Waals surface area (Å²) in [6.45, 7) is 0.530. The van der Waals surface area contributed by atoms with E-state index in [0.29, 0.717) is 25.1 Å². The van der Waals surface area contributed by atoms with E-state index in [4.69, 9.17) is 22.9 Å². The molecule has 0 unspecified atom stereocenters. The maximum Gasteiger partial charge on any atom is 0.240 e. The van der Waals surface area contributed by atoms with Crippen LogP contribution in [0.25, 0.3) is 0 Å². The van der Waals surface area contributed by atoms with E-state index in [9.17, 15) is 9.59 Å². The molecule has 3 aromatic rings. The van der Waals surface area contributed by atoms with Crippen molar-refractivity contribution >= 4 is 48.3 Å². The summed E-state index contributed by atoms with van der Waals surface area (Å²) >= 11 is 0. The fraction of sp³-hybridized carbons (Fsp3) is 0.222. The third-order valence-electron chi connectivity index (χ3n) is 5.76. The third kappa shape index (κ3) is 9.00. The molecule has 0 saturated heterocycles. The molecule has 37 heavy (non-hydrogen) atoms. The number of guanidine groups is 1. The maximum atomic E-state index is 14.2. The maximum absolute atomic E-state index is 14.2. The molecule has 8 nitrogen and oxygen atoms in total. The van der Waals surface area contributed by atoms with E-state index >= 15 is 0 Å². The van der Waals surface area contributed by atoms with Crippen LogP contribution in [0.3, 0.4) is 0 Å². The van der Waals surface area contributed by atoms with Gasteiger partial charge in [-0.15, -0.1) is 24.8 Å². The average molecular weight is 546 g/mol. The predicted octanol–water partition coefficient (Wildman–Crippen LogP) is 3.18. The second kappa shape index (κ2) is 15.4. The molecule has 10 heteroatoms. The molecule has 0 aliphatic carbocycles. The monoisotopic (exact) mass is 544 g/mol. The number of nitrogens with two attached hydrogens (primary N) is 4. The van der Waals surface area contributed by atoms with E-state index in [-0.39, 0.29) is 43.2 Å². The molecular weight excluding hydrogens is 511 g/mol. The molecule has 0 bridgehead atoms. The Morgan fingerprint density at radius 1 is 0.784 bits per heavy atom. The summed E-state index contributed by atoms with van der Waals surface area (Å²) in [5.74, 6) is -1.43. The van der Waals surface area contributed by atoms with Gasteiger partial charge < -0.3 is 27.8 Å². The first kappa shape index (κ1) is 31.3. The van der Waals surface area contributed by atoms with Gasteiger partial charge in [0, 0.05) is 18.8 Å². The van der Waals surface area contributed by atoms with Crippen LogP contribution in [0.15, 0.2) is 89.9 Å². The first-order valence-electron chi connectivity index (χ1n) is 11.5. The number of carbonyl (C=O) groups is 2. The highest BCUT2D eigenvalue weighted by Gasteiger charge is 2.34. The van der Waals surface area contributed by atoms with E-state index < -0.39 is 17.9 Å². The first-order chi connectivity index (χ1) is 16.9. The summed E-state index contributed by atoms with van der Waals surface area (Å²) < 4.78 is 0. The molecule has 0 aliphatic rings. The number of carbonyl (C=O) groups excluding carboxylic acids is 2. The van der Waals surface area contributed by atoms with Crippen LogP contribution in [0, 0.1) is 0 Å². The lowest BCUT2D eigenvalue weighted by Crippen LogP contribution is -2.49. The van der Waals surface area contributed by atoms with Crippen LogP contribution >= 0.6 is 24.8 Å². The lowest BCUT2D eigenvalue weighted by atomic mass is 9.89. The minimum absolute atomic E-state index is 0. The number of nitrogens with zero attached hydrogens (tertiary/aromatic N) is 2. The Hall–Kier alpha value is -3.75. The molecule has 2 amide bonds. The van der Waals surface area contributed by atoms with Gasteiger partial charge in [0.15, 0.2) is 5.96 Å². The predicted molar refractivity (Wildman–Crippen MR) is 154 cm³/mol. The number of halogens is 2. The molecule has 3 rings (SSSR count). The van der Waals surface area contributed by atoms with Crippen molar-refractivity contribution < 1.29 is 9.59 Å². The lowest BCUT2D eigenvalue weighted by molar-refractivity contribution is -0.140. The van der Waals surface area contributed by atoms with Gasteiger partial charge in [0.1, 0.15) is 6.04 Å². The van der Waals surface area contributed by atoms with E-state index in [2.05, 4.69) is 4.99 Å². The van der Waals surface area contributed by atoms with Crippen LogP contribution in [0.4, 0.5) is 5.69 Å². The van der Waals surface area contributed by atoms with Crippen molar-refractivity contribution in [1.29, 1.82) is 0 Å². The topological polar surface area (TPSA) is 154 Å². The van der Waals surface area contributed by atoms with Crippen LogP contribution in [-0.2, 0) is 16.1 Å². The van der Waals surface area contributed by atoms with E-state index in [0.717, 1.165) is 16.7 Å². The van der Waals surface area contributed by atoms with Crippen LogP contribution in [0.5, 0.6) is 0 Å². The van der Waals surface area contributed by atoms with Gasteiger partial charge in [-0.05, 0) is 41.7 Å². The average Bonchev–Trinajstić information content (AvgIpc) is 2.85. The SMILES string of the molecule is Cl.Cl.NC(=O)[C@@H](CCCN=C(N)N)N(Cc1ccc(N)cc1)C(=O)C(c1ccccc1)c1ccccc1. The van der Waals surface area contributed by atoms with Gasteiger partial charge in [-0.1, -0.05) is 72.8 Å². The van der Waals surface area contributed by atoms with Crippen molar-refractivity contribution in [3.8, 4) is 0 Å². The molecule has 0 aliphatic heterocycles. The largest absolute Gasteiger partial charge is 0.399 e. The van der Waals surface area contributed by atoms with Crippen molar-refractivity contribution in [2.45, 2.75) is 31.3 Å². The number of nitrogen functional groups attached to an aromatic ring is 1. The number of benzene rings is 3. The van der Waals surface area contributed by atoms with Crippen LogP contribution in [0.2, 0.25) is 0 Å². The second-order valence-electron chi connectivity index (χ2n) is 8.33. The van der Waals surface area contributed by atoms with Crippen LogP contribution < -0.4 is 22.9 Å². The van der Waals surface area contributed by atoms with Crippen molar-refractivity contribution in [3.05, 3.63) is 102 Å². The summed E-state index contributed by atoms with van der Waals surface area (Å²) in [4.78, 5) is 32.4. The zero-order valence-electron chi connectivity index (χ0n) is 20.4. The number of amides is 2. The van der Waals surface area contributed by atoms with Gasteiger partial charge in [-0.3, -0.25) is 14.6 Å². The third-order valence-corrected chi connectivity index (χ3v) is 5.76. The molecular formula is C27H34Cl2N6O2. The minimum Gasteiger partial charge on any atom is -0.399 e. The Labute approximate surface area is 229 Å². The fourth-order valence-corrected chi connectivity index (χ4v) is 4.04. The van der Waals surface area contributed by atoms with Crippen LogP contribution in [0.1, 0.15) is 35.4 Å². The first-order valence-corrected chi connectivity index (χ1v) is 11.5. The molecule has 0 radical (unpaired) electrons. The lowest BCUT2D eigenvalue weighted by Gasteiger charge is -2.33. The Balaban J connectivity index is 0.00000342. The zero-order valence-corrected chi connectivity index (χ0v) is 22.0. The van der Waals surface area contributed by atoms with Crippen molar-refractivity contribution in [2.75, 3.05) is 12.3 Å². The summed E-state index contributed by atoms with van der Waals surface area (Å²) in [5, 5.41) is 0. The Morgan fingerprint density at radius 2 is 1.30 bits per heavy atom. The molecule has 198 valence electrons. The number of hydrogen-bond acceptors (Lipinski definition) is 4. The van der Waals surface area contributed by atoms with Crippen LogP contribution in [-0.4, -0.2) is 35.3 Å². The zero-order chi connectivity index (χ0) is 25.2. The van der Waals surface area contributed by atoms with Crippen molar-refractivity contribution in [1.82, 2.24) is 4.90 Å². The van der Waals surface area contributed by atoms with Gasteiger partial charge in [0.2, 0.25) is 11.8 Å². The van der Waals surface area contributed by atoms with Crippen molar-refractivity contribution in [2.24, 2.45) is 22.2 Å². The summed E-state index contributed by atoms with van der Waals surface area (Å²) in [7, 11) is 0. The van der Waals surface area contributed by atoms with Gasteiger partial charge >= 0.3 is 0 Å². The molecule has 0 fully saturated rings. The Morgan fingerprint density at radius 3 is 1.76 bits per heavy atom. The van der Waals surface area contributed by atoms with Gasteiger partial charge in [0.05, 0.1) is 5.92 Å². The molecule has 1 atom stereocenters. The quantitative estimate of drug-likeness (QED) is 0.126. The molecule has 8 N–H and O–H groups in total. The summed E-state index contributed by atoms with van der Waals surface area (Å²) in [6, 6.07) is 25.4. The van der Waals surface area contributed by atoms with E-state index in [1.807, 2.05) is 72.8 Å². The van der Waals surface area contributed by atoms with Gasteiger partial charge in [0.25, 0.3) is 0 Å². The summed E-state index contributed by atoms with van der Waals surface area (Å²) in [6.07, 6.45) is 0.807. The number of primary amides is 1. The Bertz CT molecular complexity index is 1100. The smallest absolute Gasteiger partial charge is 0.240 e. The van der Waals surface area contributed by atoms with E-state index in [1.165, 1.54) is 0 Å². The number of hydrogen-bond donors (Lipinski definition) is 4. The Kier molecular flexibility index (Phi) is 13.0. The molecule has 0 heterocycles. The standard InChI is InChI=1S/C27H32N6O2.2ClH/c28-22-15-13-19(14-16-22)18-33(23(25(29)34)12-7-17-32-27(30)31)26(35)24(20-8-3-1-4-9-20)21-10-5-2-6-11-21;;/h1-6,8-11,13-16,23-24H,7,12,17-18,28H2,(H2,29,34)(H4,30,31,32);2*1H/t23-;;/m1../s1. The van der Waals surface area contributed by atoms with E-state index in [1.54, 1.807) is 17.0 Å². The van der Waals surface area contributed by atoms with Gasteiger partial charge in [-0.2, -0.15) is 0 Å². The molecule has 0 aromatic heterocycles. The molecule has 3 aromatic carbocycles. The highest BCUT2D eigenvalue weighted by molar-refractivity contribution is 5.92. The molecule has 0 saturated carbocycles. The second-order valence-corrected chi connectivity index (χ2v) is 8.33. The van der Waals surface area contributed by atoms with Crippen molar-refractivity contribution in [3.63, 3.8) is 0 Å². The van der Waals surface area contributed by atoms with Gasteiger partial charge in [-0.25, -0.2) is 0 Å². The number of rotatable bonds is 11. The fourth-order valence-electron chi connectivity index (χ4n) is 4.04. The highest BCUT2D eigenvalue weighted by Crippen LogP contribution is 2.29.